The monoisotopic (exact) mass is 160 g/mol. The number of carbonyl (C=O) groups is 1. The molecule has 0 bridgehead atoms. The molecule has 0 unspecified atom stereocenters. The van der Waals surface area contributed by atoms with Crippen LogP contribution in [0.25, 0.3) is 5.52 Å². The first-order valence-electron chi connectivity index (χ1n) is 3.76. The van der Waals surface area contributed by atoms with Crippen LogP contribution in [0.1, 0.15) is 5.82 Å². The van der Waals surface area contributed by atoms with E-state index in [1.54, 1.807) is 6.20 Å². The van der Waals surface area contributed by atoms with Gasteiger partial charge in [0.1, 0.15) is 12.1 Å². The van der Waals surface area contributed by atoms with Gasteiger partial charge in [-0.1, -0.05) is 6.07 Å². The smallest absolute Gasteiger partial charge is 0.127 e. The number of hydrogen-bond donors (Lipinski definition) is 0. The molecule has 0 aliphatic rings. The van der Waals surface area contributed by atoms with E-state index in [4.69, 9.17) is 0 Å². The number of rotatable bonds is 2. The molecule has 0 amide bonds. The molecule has 60 valence electrons. The Morgan fingerprint density at radius 2 is 2.42 bits per heavy atom. The van der Waals surface area contributed by atoms with Crippen molar-refractivity contribution in [3.05, 3.63) is 36.4 Å². The van der Waals surface area contributed by atoms with Crippen LogP contribution in [0.3, 0.4) is 0 Å². The van der Waals surface area contributed by atoms with Gasteiger partial charge in [-0.15, -0.1) is 0 Å². The molecule has 2 aromatic rings. The summed E-state index contributed by atoms with van der Waals surface area (Å²) in [4.78, 5) is 14.4. The van der Waals surface area contributed by atoms with E-state index in [0.717, 1.165) is 17.6 Å². The number of carbonyl (C=O) groups excluding carboxylic acids is 1. The van der Waals surface area contributed by atoms with Gasteiger partial charge in [-0.3, -0.25) is 0 Å². The van der Waals surface area contributed by atoms with Crippen molar-refractivity contribution in [3.63, 3.8) is 0 Å². The maximum absolute atomic E-state index is 10.3. The second kappa shape index (κ2) is 2.77. The first kappa shape index (κ1) is 7.03. The van der Waals surface area contributed by atoms with E-state index in [-0.39, 0.29) is 0 Å². The second-order valence-electron chi connectivity index (χ2n) is 2.54. The zero-order valence-electron chi connectivity index (χ0n) is 6.47. The van der Waals surface area contributed by atoms with Crippen LogP contribution in [0.5, 0.6) is 0 Å². The number of imidazole rings is 1. The van der Waals surface area contributed by atoms with Crippen LogP contribution < -0.4 is 0 Å². The summed E-state index contributed by atoms with van der Waals surface area (Å²) in [7, 11) is 0. The lowest BCUT2D eigenvalue weighted by atomic mass is 10.4. The van der Waals surface area contributed by atoms with E-state index < -0.39 is 0 Å². The Kier molecular flexibility index (Phi) is 1.63. The normalized spacial score (nSPS) is 10.3. The highest BCUT2D eigenvalue weighted by atomic mass is 16.1. The molecular weight excluding hydrogens is 152 g/mol. The molecule has 2 aromatic heterocycles. The molecule has 0 radical (unpaired) electrons. The fourth-order valence-corrected chi connectivity index (χ4v) is 1.22. The lowest BCUT2D eigenvalue weighted by Crippen LogP contribution is -1.94. The molecule has 2 heterocycles. The molecule has 12 heavy (non-hydrogen) atoms. The standard InChI is InChI=1S/C9H8N2O/c12-6-4-9-10-7-8-3-1-2-5-11(8)9/h1-3,5-7H,4H2. The number of hydrogen-bond acceptors (Lipinski definition) is 2. The first-order valence-corrected chi connectivity index (χ1v) is 3.76. The van der Waals surface area contributed by atoms with Gasteiger partial charge in [0.2, 0.25) is 0 Å². The van der Waals surface area contributed by atoms with Crippen LogP contribution in [0.2, 0.25) is 0 Å². The summed E-state index contributed by atoms with van der Waals surface area (Å²) in [5.74, 6) is 0.792. The number of aromatic nitrogens is 2. The van der Waals surface area contributed by atoms with Gasteiger partial charge in [0.05, 0.1) is 18.1 Å². The largest absolute Gasteiger partial charge is 0.303 e. The zero-order chi connectivity index (χ0) is 8.39. The zero-order valence-corrected chi connectivity index (χ0v) is 6.47. The minimum atomic E-state index is 0.373. The SMILES string of the molecule is O=CCc1ncc2ccccn12. The third-order valence-electron chi connectivity index (χ3n) is 1.78. The summed E-state index contributed by atoms with van der Waals surface area (Å²) in [5, 5.41) is 0. The van der Waals surface area contributed by atoms with Crippen molar-refractivity contribution in [3.8, 4) is 0 Å². The average Bonchev–Trinajstić information content (AvgIpc) is 2.50. The minimum Gasteiger partial charge on any atom is -0.303 e. The summed E-state index contributed by atoms with van der Waals surface area (Å²) in [6, 6.07) is 5.83. The third-order valence-corrected chi connectivity index (χ3v) is 1.78. The van der Waals surface area contributed by atoms with Crippen molar-refractivity contribution in [2.75, 3.05) is 0 Å². The number of nitrogens with zero attached hydrogens (tertiary/aromatic N) is 2. The molecule has 0 saturated heterocycles. The topological polar surface area (TPSA) is 34.4 Å². The van der Waals surface area contributed by atoms with E-state index >= 15 is 0 Å². The Morgan fingerprint density at radius 3 is 3.25 bits per heavy atom. The maximum atomic E-state index is 10.3. The summed E-state index contributed by atoms with van der Waals surface area (Å²) in [5.41, 5.74) is 1.02. The van der Waals surface area contributed by atoms with Crippen LogP contribution in [0.15, 0.2) is 30.6 Å². The predicted molar refractivity (Wildman–Crippen MR) is 45.0 cm³/mol. The minimum absolute atomic E-state index is 0.373. The average molecular weight is 160 g/mol. The summed E-state index contributed by atoms with van der Waals surface area (Å²) in [6.45, 7) is 0. The van der Waals surface area contributed by atoms with Crippen molar-refractivity contribution < 1.29 is 4.79 Å². The Morgan fingerprint density at radius 1 is 1.50 bits per heavy atom. The molecule has 0 N–H and O–H groups in total. The molecule has 0 aliphatic heterocycles. The molecule has 3 heteroatoms. The molecule has 0 saturated carbocycles. The van der Waals surface area contributed by atoms with Crippen molar-refractivity contribution >= 4 is 11.8 Å². The fraction of sp³-hybridized carbons (Fsp3) is 0.111. The van der Waals surface area contributed by atoms with Gasteiger partial charge in [0, 0.05) is 6.20 Å². The summed E-state index contributed by atoms with van der Waals surface area (Å²) >= 11 is 0. The van der Waals surface area contributed by atoms with Gasteiger partial charge in [0.25, 0.3) is 0 Å². The van der Waals surface area contributed by atoms with Gasteiger partial charge in [-0.05, 0) is 12.1 Å². The highest BCUT2D eigenvalue weighted by molar-refractivity contribution is 5.55. The maximum Gasteiger partial charge on any atom is 0.127 e. The molecule has 2 rings (SSSR count). The van der Waals surface area contributed by atoms with Gasteiger partial charge in [0.15, 0.2) is 0 Å². The van der Waals surface area contributed by atoms with Crippen LogP contribution in [0, 0.1) is 0 Å². The lowest BCUT2D eigenvalue weighted by Gasteiger charge is -1.94. The van der Waals surface area contributed by atoms with Gasteiger partial charge >= 0.3 is 0 Å². The van der Waals surface area contributed by atoms with Crippen molar-refractivity contribution in [2.45, 2.75) is 6.42 Å². The lowest BCUT2D eigenvalue weighted by molar-refractivity contribution is -0.107. The van der Waals surface area contributed by atoms with E-state index in [0.29, 0.717) is 6.42 Å². The van der Waals surface area contributed by atoms with Gasteiger partial charge in [-0.25, -0.2) is 4.98 Å². The molecule has 3 nitrogen and oxygen atoms in total. The van der Waals surface area contributed by atoms with Crippen LogP contribution in [0.4, 0.5) is 0 Å². The number of fused-ring (bicyclic) bond motifs is 1. The van der Waals surface area contributed by atoms with Gasteiger partial charge in [-0.2, -0.15) is 0 Å². The third kappa shape index (κ3) is 0.993. The van der Waals surface area contributed by atoms with Crippen LogP contribution in [-0.4, -0.2) is 15.7 Å². The quantitative estimate of drug-likeness (QED) is 0.616. The molecule has 0 atom stereocenters. The highest BCUT2D eigenvalue weighted by Crippen LogP contribution is 2.05. The van der Waals surface area contributed by atoms with E-state index in [1.807, 2.05) is 28.8 Å². The van der Waals surface area contributed by atoms with Crippen molar-refractivity contribution in [2.24, 2.45) is 0 Å². The van der Waals surface area contributed by atoms with Crippen molar-refractivity contribution in [1.29, 1.82) is 0 Å². The van der Waals surface area contributed by atoms with Gasteiger partial charge < -0.3 is 9.20 Å². The van der Waals surface area contributed by atoms with Crippen LogP contribution in [-0.2, 0) is 11.2 Å². The fourth-order valence-electron chi connectivity index (χ4n) is 1.22. The number of pyridine rings is 1. The van der Waals surface area contributed by atoms with Crippen LogP contribution >= 0.6 is 0 Å². The Bertz CT molecular complexity index is 406. The predicted octanol–water partition coefficient (Wildman–Crippen LogP) is 1.08. The molecule has 0 fully saturated rings. The molecular formula is C9H8N2O. The number of aldehydes is 1. The first-order chi connectivity index (χ1) is 5.92. The Balaban J connectivity index is 2.62. The molecule has 0 aromatic carbocycles. The summed E-state index contributed by atoms with van der Waals surface area (Å²) < 4.78 is 1.91. The second-order valence-corrected chi connectivity index (χ2v) is 2.54. The van der Waals surface area contributed by atoms with E-state index in [1.165, 1.54) is 0 Å². The van der Waals surface area contributed by atoms with E-state index in [2.05, 4.69) is 4.98 Å². The molecule has 0 aliphatic carbocycles. The highest BCUT2D eigenvalue weighted by Gasteiger charge is 1.99. The Labute approximate surface area is 69.7 Å². The Hall–Kier alpha value is -1.64. The molecule has 0 spiro atoms. The van der Waals surface area contributed by atoms with E-state index in [9.17, 15) is 4.79 Å². The van der Waals surface area contributed by atoms with Crippen molar-refractivity contribution in [1.82, 2.24) is 9.38 Å². The summed E-state index contributed by atoms with van der Waals surface area (Å²) in [6.07, 6.45) is 4.90.